The highest BCUT2D eigenvalue weighted by molar-refractivity contribution is 9.10. The molecule has 0 saturated carbocycles. The van der Waals surface area contributed by atoms with Crippen molar-refractivity contribution in [2.45, 2.75) is 19.4 Å². The van der Waals surface area contributed by atoms with E-state index in [1.807, 2.05) is 0 Å². The topological polar surface area (TPSA) is 64.7 Å². The molecule has 0 fully saturated rings. The Morgan fingerprint density at radius 3 is 2.47 bits per heavy atom. The maximum atomic E-state index is 9.63. The Labute approximate surface area is 97.1 Å². The summed E-state index contributed by atoms with van der Waals surface area (Å²) >= 11 is 3.37. The third-order valence-electron chi connectivity index (χ3n) is 2.21. The van der Waals surface area contributed by atoms with Crippen molar-refractivity contribution in [3.05, 3.63) is 22.2 Å². The second kappa shape index (κ2) is 4.38. The molecule has 0 unspecified atom stereocenters. The van der Waals surface area contributed by atoms with E-state index in [1.165, 1.54) is 7.11 Å². The first-order valence-corrected chi connectivity index (χ1v) is 5.16. The minimum atomic E-state index is -0.678. The number of phenolic OH excluding ortho intramolecular Hbond substituents is 1. The van der Waals surface area contributed by atoms with Crippen molar-refractivity contribution >= 4 is 15.9 Å². The van der Waals surface area contributed by atoms with Gasteiger partial charge in [-0.15, -0.1) is 0 Å². The van der Waals surface area contributed by atoms with Gasteiger partial charge in [0, 0.05) is 10.0 Å². The fourth-order valence-corrected chi connectivity index (χ4v) is 2.03. The average molecular weight is 276 g/mol. The van der Waals surface area contributed by atoms with Crippen LogP contribution in [-0.4, -0.2) is 12.2 Å². The minimum absolute atomic E-state index is 0.0563. The second-order valence-electron chi connectivity index (χ2n) is 3.63. The molecule has 1 aromatic rings. The van der Waals surface area contributed by atoms with E-state index in [1.54, 1.807) is 26.0 Å². The predicted octanol–water partition coefficient (Wildman–Crippen LogP) is 2.29. The second-order valence-corrected chi connectivity index (χ2v) is 4.49. The molecular weight excluding hydrogens is 262 g/mol. The molecule has 15 heavy (non-hydrogen) atoms. The largest absolute Gasteiger partial charge is 0.504 e. The summed E-state index contributed by atoms with van der Waals surface area (Å²) in [6, 6.07) is 3.24. The van der Waals surface area contributed by atoms with Gasteiger partial charge in [0.1, 0.15) is 5.60 Å². The Kier molecular flexibility index (Phi) is 3.59. The van der Waals surface area contributed by atoms with E-state index < -0.39 is 5.60 Å². The molecule has 0 aromatic heterocycles. The molecule has 0 atom stereocenters. The number of methoxy groups -OCH3 is 1. The summed E-state index contributed by atoms with van der Waals surface area (Å²) in [5.41, 5.74) is 0.0751. The van der Waals surface area contributed by atoms with E-state index in [4.69, 9.17) is 15.5 Å². The van der Waals surface area contributed by atoms with Crippen LogP contribution in [0.2, 0.25) is 0 Å². The Balaban J connectivity index is 3.28. The molecule has 0 spiro atoms. The number of nitrogens with two attached hydrogens (primary N) is 1. The zero-order valence-corrected chi connectivity index (χ0v) is 10.5. The van der Waals surface area contributed by atoms with Gasteiger partial charge in [0.05, 0.1) is 7.11 Å². The van der Waals surface area contributed by atoms with Gasteiger partial charge >= 0.3 is 0 Å². The van der Waals surface area contributed by atoms with Crippen molar-refractivity contribution < 1.29 is 14.7 Å². The van der Waals surface area contributed by atoms with E-state index in [2.05, 4.69) is 15.9 Å². The Morgan fingerprint density at radius 2 is 2.00 bits per heavy atom. The molecule has 0 heterocycles. The Bertz CT molecular complexity index is 366. The molecule has 0 aliphatic rings. The van der Waals surface area contributed by atoms with Gasteiger partial charge < -0.3 is 9.84 Å². The first kappa shape index (κ1) is 12.3. The van der Waals surface area contributed by atoms with E-state index in [0.29, 0.717) is 5.75 Å². The smallest absolute Gasteiger partial charge is 0.161 e. The lowest BCUT2D eigenvalue weighted by molar-refractivity contribution is -0.0243. The number of halogens is 1. The first-order valence-electron chi connectivity index (χ1n) is 4.37. The van der Waals surface area contributed by atoms with Crippen LogP contribution in [0.4, 0.5) is 0 Å². The summed E-state index contributed by atoms with van der Waals surface area (Å²) in [4.78, 5) is 4.85. The number of hydrogen-bond donors (Lipinski definition) is 2. The quantitative estimate of drug-likeness (QED) is 0.831. The lowest BCUT2D eigenvalue weighted by atomic mass is 9.98. The molecule has 0 radical (unpaired) electrons. The van der Waals surface area contributed by atoms with Crippen molar-refractivity contribution in [2.75, 3.05) is 7.11 Å². The van der Waals surface area contributed by atoms with Gasteiger partial charge in [-0.2, -0.15) is 0 Å². The van der Waals surface area contributed by atoms with Gasteiger partial charge in [0.15, 0.2) is 11.5 Å². The fraction of sp³-hybridized carbons (Fsp3) is 0.400. The molecule has 0 aliphatic heterocycles. The fourth-order valence-electron chi connectivity index (χ4n) is 1.23. The molecule has 3 N–H and O–H groups in total. The van der Waals surface area contributed by atoms with Crippen LogP contribution in [0.3, 0.4) is 0 Å². The highest BCUT2D eigenvalue weighted by Gasteiger charge is 2.25. The zero-order chi connectivity index (χ0) is 11.6. The maximum Gasteiger partial charge on any atom is 0.161 e. The van der Waals surface area contributed by atoms with Crippen LogP contribution in [0, 0.1) is 0 Å². The number of benzene rings is 1. The SMILES string of the molecule is COc1cc(Br)c(C(C)(C)ON)cc1O. The molecule has 0 amide bonds. The monoisotopic (exact) mass is 275 g/mol. The summed E-state index contributed by atoms with van der Waals surface area (Å²) < 4.78 is 5.75. The molecular formula is C10H14BrNO3. The average Bonchev–Trinajstić information content (AvgIpc) is 2.20. The standard InChI is InChI=1S/C10H14BrNO3/c1-10(2,15-12)6-4-8(13)9(14-3)5-7(6)11/h4-5,13H,12H2,1-3H3. The van der Waals surface area contributed by atoms with Gasteiger partial charge in [-0.25, -0.2) is 5.90 Å². The first-order chi connectivity index (χ1) is 6.92. The molecule has 4 nitrogen and oxygen atoms in total. The van der Waals surface area contributed by atoms with E-state index in [0.717, 1.165) is 10.0 Å². The third-order valence-corrected chi connectivity index (χ3v) is 2.87. The van der Waals surface area contributed by atoms with Crippen molar-refractivity contribution in [1.29, 1.82) is 0 Å². The van der Waals surface area contributed by atoms with Crippen LogP contribution in [-0.2, 0) is 10.4 Å². The molecule has 0 bridgehead atoms. The number of rotatable bonds is 3. The highest BCUT2D eigenvalue weighted by atomic mass is 79.9. The Morgan fingerprint density at radius 1 is 1.40 bits per heavy atom. The predicted molar refractivity (Wildman–Crippen MR) is 60.7 cm³/mol. The maximum absolute atomic E-state index is 9.63. The van der Waals surface area contributed by atoms with E-state index in [9.17, 15) is 5.11 Å². The summed E-state index contributed by atoms with van der Waals surface area (Å²) in [7, 11) is 1.49. The van der Waals surface area contributed by atoms with Gasteiger partial charge in [-0.3, -0.25) is 4.84 Å². The van der Waals surface area contributed by atoms with Crippen LogP contribution in [0.1, 0.15) is 19.4 Å². The molecule has 0 saturated heterocycles. The number of ether oxygens (including phenoxy) is 1. The number of phenols is 1. The highest BCUT2D eigenvalue weighted by Crippen LogP contribution is 2.38. The summed E-state index contributed by atoms with van der Waals surface area (Å²) in [6.07, 6.45) is 0. The summed E-state index contributed by atoms with van der Waals surface area (Å²) in [6.45, 7) is 3.61. The molecule has 5 heteroatoms. The van der Waals surface area contributed by atoms with Crippen molar-refractivity contribution in [2.24, 2.45) is 5.90 Å². The van der Waals surface area contributed by atoms with E-state index >= 15 is 0 Å². The van der Waals surface area contributed by atoms with Crippen molar-refractivity contribution in [3.63, 3.8) is 0 Å². The van der Waals surface area contributed by atoms with Crippen LogP contribution >= 0.6 is 15.9 Å². The number of hydrogen-bond acceptors (Lipinski definition) is 4. The summed E-state index contributed by atoms with van der Waals surface area (Å²) in [5.74, 6) is 5.65. The normalized spacial score (nSPS) is 11.5. The van der Waals surface area contributed by atoms with E-state index in [-0.39, 0.29) is 5.75 Å². The van der Waals surface area contributed by atoms with Gasteiger partial charge in [0.2, 0.25) is 0 Å². The van der Waals surface area contributed by atoms with Crippen LogP contribution in [0.25, 0.3) is 0 Å². The van der Waals surface area contributed by atoms with Crippen LogP contribution < -0.4 is 10.6 Å². The van der Waals surface area contributed by atoms with Crippen LogP contribution in [0.5, 0.6) is 11.5 Å². The van der Waals surface area contributed by atoms with Crippen molar-refractivity contribution in [1.82, 2.24) is 0 Å². The number of aromatic hydroxyl groups is 1. The molecule has 1 aromatic carbocycles. The Hall–Kier alpha value is -0.780. The minimum Gasteiger partial charge on any atom is -0.504 e. The lowest BCUT2D eigenvalue weighted by Crippen LogP contribution is -2.25. The molecule has 84 valence electrons. The van der Waals surface area contributed by atoms with Crippen molar-refractivity contribution in [3.8, 4) is 11.5 Å². The third kappa shape index (κ3) is 2.42. The van der Waals surface area contributed by atoms with Gasteiger partial charge in [-0.1, -0.05) is 15.9 Å². The lowest BCUT2D eigenvalue weighted by Gasteiger charge is -2.24. The van der Waals surface area contributed by atoms with Gasteiger partial charge in [0.25, 0.3) is 0 Å². The molecule has 0 aliphatic carbocycles. The summed E-state index contributed by atoms with van der Waals surface area (Å²) in [5, 5.41) is 9.63. The van der Waals surface area contributed by atoms with Gasteiger partial charge in [-0.05, 0) is 26.0 Å². The zero-order valence-electron chi connectivity index (χ0n) is 8.87. The molecule has 1 rings (SSSR count). The van der Waals surface area contributed by atoms with Crippen LogP contribution in [0.15, 0.2) is 16.6 Å².